The zero-order valence-corrected chi connectivity index (χ0v) is 14.2. The molecule has 26 heavy (non-hydrogen) atoms. The number of sulfone groups is 1. The third-order valence-corrected chi connectivity index (χ3v) is 5.13. The summed E-state index contributed by atoms with van der Waals surface area (Å²) in [5.74, 6) is 1.32. The normalized spacial score (nSPS) is 19.5. The van der Waals surface area contributed by atoms with Crippen molar-refractivity contribution in [3.05, 3.63) is 47.5 Å². The molecule has 1 atom stereocenters. The van der Waals surface area contributed by atoms with Gasteiger partial charge in [0.25, 0.3) is 5.91 Å². The van der Waals surface area contributed by atoms with Gasteiger partial charge in [-0.1, -0.05) is 0 Å². The average molecular weight is 378 g/mol. The molecule has 0 radical (unpaired) electrons. The van der Waals surface area contributed by atoms with Gasteiger partial charge in [0.2, 0.25) is 12.7 Å². The minimum atomic E-state index is -3.24. The maximum absolute atomic E-state index is 12.1. The van der Waals surface area contributed by atoms with E-state index in [-0.39, 0.29) is 30.7 Å². The summed E-state index contributed by atoms with van der Waals surface area (Å²) in [4.78, 5) is 16.1. The van der Waals surface area contributed by atoms with Gasteiger partial charge in [-0.15, -0.1) is 0 Å². The number of carbonyl (C=O) groups excluding carboxylic acids is 1. The highest BCUT2D eigenvalue weighted by Crippen LogP contribution is 2.35. The van der Waals surface area contributed by atoms with Crippen molar-refractivity contribution < 1.29 is 31.8 Å². The Hall–Kier alpha value is -3.01. The molecule has 1 aromatic heterocycles. The van der Waals surface area contributed by atoms with Gasteiger partial charge in [0.05, 0.1) is 11.8 Å². The first kappa shape index (κ1) is 16.5. The molecule has 9 nitrogen and oxygen atoms in total. The highest BCUT2D eigenvalue weighted by atomic mass is 32.2. The van der Waals surface area contributed by atoms with Crippen molar-refractivity contribution in [3.63, 3.8) is 0 Å². The fourth-order valence-electron chi connectivity index (χ4n) is 2.50. The van der Waals surface area contributed by atoms with Gasteiger partial charge in [0, 0.05) is 11.5 Å². The number of oxazole rings is 1. The number of hydrogen-bond donors (Lipinski definition) is 1. The molecule has 3 heterocycles. The van der Waals surface area contributed by atoms with Gasteiger partial charge in [-0.2, -0.15) is 0 Å². The molecule has 4 rings (SSSR count). The second kappa shape index (κ2) is 6.37. The van der Waals surface area contributed by atoms with Gasteiger partial charge >= 0.3 is 0 Å². The Morgan fingerprint density at radius 3 is 2.96 bits per heavy atom. The lowest BCUT2D eigenvalue weighted by atomic mass is 10.3. The Bertz CT molecular complexity index is 980. The monoisotopic (exact) mass is 378 g/mol. The smallest absolute Gasteiger partial charge is 0.273 e. The molecule has 0 aliphatic carbocycles. The van der Waals surface area contributed by atoms with Crippen LogP contribution in [0.1, 0.15) is 16.4 Å². The fourth-order valence-corrected chi connectivity index (χ4v) is 3.74. The highest BCUT2D eigenvalue weighted by molar-refractivity contribution is 7.94. The molecule has 0 saturated heterocycles. The van der Waals surface area contributed by atoms with E-state index >= 15 is 0 Å². The van der Waals surface area contributed by atoms with Crippen LogP contribution in [0.5, 0.6) is 17.2 Å². The van der Waals surface area contributed by atoms with Gasteiger partial charge in [-0.25, -0.2) is 13.4 Å². The van der Waals surface area contributed by atoms with Crippen LogP contribution in [-0.4, -0.2) is 37.9 Å². The van der Waals surface area contributed by atoms with E-state index in [1.807, 2.05) is 0 Å². The third kappa shape index (κ3) is 3.49. The van der Waals surface area contributed by atoms with E-state index < -0.39 is 21.8 Å². The molecule has 2 aliphatic heterocycles. The minimum Gasteiger partial charge on any atom is -0.484 e. The third-order valence-electron chi connectivity index (χ3n) is 3.74. The standard InChI is InChI=1S/C16H14N2O7S/c19-16(17-10-3-4-26(20,21)8-10)12-6-23-15(18-12)7-22-11-1-2-13-14(5-11)25-9-24-13/h1-6,10H,7-9H2,(H,17,19). The SMILES string of the molecule is O=C(NC1C=CS(=O)(=O)C1)c1coc(COc2ccc3c(c2)OCO3)n1. The number of nitrogens with one attached hydrogen (secondary N) is 1. The lowest BCUT2D eigenvalue weighted by Crippen LogP contribution is -2.35. The van der Waals surface area contributed by atoms with Crippen molar-refractivity contribution in [1.82, 2.24) is 10.3 Å². The van der Waals surface area contributed by atoms with E-state index in [4.69, 9.17) is 18.6 Å². The first-order valence-corrected chi connectivity index (χ1v) is 9.39. The molecule has 0 bridgehead atoms. The largest absolute Gasteiger partial charge is 0.484 e. The molecule has 0 saturated carbocycles. The summed E-state index contributed by atoms with van der Waals surface area (Å²) in [6.45, 7) is 0.194. The second-order valence-corrected chi connectivity index (χ2v) is 7.60. The number of aromatic nitrogens is 1. The second-order valence-electron chi connectivity index (χ2n) is 5.67. The van der Waals surface area contributed by atoms with Crippen molar-refractivity contribution >= 4 is 15.7 Å². The van der Waals surface area contributed by atoms with Crippen LogP contribution < -0.4 is 19.5 Å². The summed E-state index contributed by atoms with van der Waals surface area (Å²) in [6.07, 6.45) is 2.62. The van der Waals surface area contributed by atoms with E-state index in [1.54, 1.807) is 18.2 Å². The first-order chi connectivity index (χ1) is 12.5. The quantitative estimate of drug-likeness (QED) is 0.820. The number of ether oxygens (including phenoxy) is 3. The van der Waals surface area contributed by atoms with Gasteiger partial charge in [-0.3, -0.25) is 4.79 Å². The average Bonchev–Trinajstić information content (AvgIpc) is 3.32. The fraction of sp³-hybridized carbons (Fsp3) is 0.250. The predicted octanol–water partition coefficient (Wildman–Crippen LogP) is 1.02. The Kier molecular flexibility index (Phi) is 4.03. The lowest BCUT2D eigenvalue weighted by Gasteiger charge is -2.07. The van der Waals surface area contributed by atoms with E-state index in [2.05, 4.69) is 10.3 Å². The Labute approximate surface area is 148 Å². The first-order valence-electron chi connectivity index (χ1n) is 7.67. The summed E-state index contributed by atoms with van der Waals surface area (Å²) in [5.41, 5.74) is 0.0481. The van der Waals surface area contributed by atoms with Gasteiger partial charge < -0.3 is 23.9 Å². The molecule has 136 valence electrons. The Morgan fingerprint density at radius 2 is 2.15 bits per heavy atom. The zero-order chi connectivity index (χ0) is 18.1. The van der Waals surface area contributed by atoms with E-state index in [9.17, 15) is 13.2 Å². The Balaban J connectivity index is 1.34. The van der Waals surface area contributed by atoms with E-state index in [0.717, 1.165) is 5.41 Å². The van der Waals surface area contributed by atoms with Crippen molar-refractivity contribution in [2.45, 2.75) is 12.6 Å². The molecule has 1 unspecified atom stereocenters. The highest BCUT2D eigenvalue weighted by Gasteiger charge is 2.24. The number of hydrogen-bond acceptors (Lipinski definition) is 8. The molecule has 1 aromatic carbocycles. The molecule has 1 N–H and O–H groups in total. The van der Waals surface area contributed by atoms with Crippen molar-refractivity contribution in [1.29, 1.82) is 0 Å². The van der Waals surface area contributed by atoms with E-state index in [0.29, 0.717) is 17.2 Å². The summed E-state index contributed by atoms with van der Waals surface area (Å²) in [7, 11) is -3.24. The minimum absolute atomic E-state index is 0.0185. The van der Waals surface area contributed by atoms with Gasteiger partial charge in [0.1, 0.15) is 12.0 Å². The molecule has 10 heteroatoms. The van der Waals surface area contributed by atoms with Gasteiger partial charge in [0.15, 0.2) is 33.6 Å². The molecule has 2 aromatic rings. The van der Waals surface area contributed by atoms with Crippen LogP contribution in [0.25, 0.3) is 0 Å². The molecular formula is C16H14N2O7S. The molecule has 1 amide bonds. The van der Waals surface area contributed by atoms with Crippen LogP contribution in [0.3, 0.4) is 0 Å². The van der Waals surface area contributed by atoms with Crippen LogP contribution in [0.2, 0.25) is 0 Å². The number of amides is 1. The van der Waals surface area contributed by atoms with Crippen molar-refractivity contribution in [3.8, 4) is 17.2 Å². The van der Waals surface area contributed by atoms with Gasteiger partial charge in [-0.05, 0) is 18.2 Å². The number of nitrogens with zero attached hydrogens (tertiary/aromatic N) is 1. The lowest BCUT2D eigenvalue weighted by molar-refractivity contribution is 0.0942. The molecule has 0 fully saturated rings. The maximum atomic E-state index is 12.1. The zero-order valence-electron chi connectivity index (χ0n) is 13.4. The number of carbonyl (C=O) groups is 1. The molecule has 2 aliphatic rings. The van der Waals surface area contributed by atoms with Crippen molar-refractivity contribution in [2.75, 3.05) is 12.5 Å². The predicted molar refractivity (Wildman–Crippen MR) is 87.6 cm³/mol. The maximum Gasteiger partial charge on any atom is 0.273 e. The van der Waals surface area contributed by atoms with E-state index in [1.165, 1.54) is 12.3 Å². The number of fused-ring (bicyclic) bond motifs is 1. The van der Waals surface area contributed by atoms with Crippen LogP contribution in [-0.2, 0) is 16.4 Å². The number of rotatable bonds is 5. The molecule has 0 spiro atoms. The Morgan fingerprint density at radius 1 is 1.31 bits per heavy atom. The summed E-state index contributed by atoms with van der Waals surface area (Å²) >= 11 is 0. The van der Waals surface area contributed by atoms with Crippen LogP contribution in [0.4, 0.5) is 0 Å². The van der Waals surface area contributed by atoms with Crippen LogP contribution in [0, 0.1) is 0 Å². The van der Waals surface area contributed by atoms with Crippen molar-refractivity contribution in [2.24, 2.45) is 0 Å². The summed E-state index contributed by atoms with van der Waals surface area (Å²) in [6, 6.07) is 4.57. The summed E-state index contributed by atoms with van der Waals surface area (Å²) < 4.78 is 43.9. The summed E-state index contributed by atoms with van der Waals surface area (Å²) in [5, 5.41) is 3.66. The topological polar surface area (TPSA) is 117 Å². The van der Waals surface area contributed by atoms with Crippen LogP contribution >= 0.6 is 0 Å². The number of benzene rings is 1. The molecular weight excluding hydrogens is 364 g/mol. The van der Waals surface area contributed by atoms with Crippen LogP contribution in [0.15, 0.2) is 40.4 Å².